The van der Waals surface area contributed by atoms with Crippen LogP contribution in [0.25, 0.3) is 6.08 Å². The molecule has 0 radical (unpaired) electrons. The van der Waals surface area contributed by atoms with Crippen molar-refractivity contribution in [1.29, 1.82) is 0 Å². The molecule has 1 N–H and O–H groups in total. The van der Waals surface area contributed by atoms with Crippen LogP contribution in [0.3, 0.4) is 0 Å². The molecule has 12 heteroatoms. The molecule has 218 valence electrons. The Labute approximate surface area is 245 Å². The molecule has 0 fully saturated rings. The van der Waals surface area contributed by atoms with Gasteiger partial charge in [-0.05, 0) is 53.3 Å². The second-order valence-electron chi connectivity index (χ2n) is 9.03. The van der Waals surface area contributed by atoms with E-state index in [1.54, 1.807) is 51.7 Å². The van der Waals surface area contributed by atoms with Crippen LogP contribution < -0.4 is 43.9 Å². The molecular weight excluding hydrogens is 562 g/mol. The molecule has 3 aromatic carbocycles. The molecule has 0 amide bonds. The van der Waals surface area contributed by atoms with Crippen LogP contribution in [0.2, 0.25) is 0 Å². The third kappa shape index (κ3) is 5.23. The second-order valence-corrected chi connectivity index (χ2v) is 10.0. The Morgan fingerprint density at radius 2 is 1.36 bits per heavy atom. The number of aliphatic imine (C=N–C) groups is 1. The lowest BCUT2D eigenvalue weighted by molar-refractivity contribution is 0.323. The number of ether oxygens (including phenoxy) is 6. The normalized spacial score (nSPS) is 12.3. The lowest BCUT2D eigenvalue weighted by Gasteiger charge is -2.14. The number of amidine groups is 1. The number of hydrogen-bond acceptors (Lipinski definition) is 11. The van der Waals surface area contributed by atoms with Gasteiger partial charge in [-0.15, -0.1) is 0 Å². The molecule has 0 spiro atoms. The van der Waals surface area contributed by atoms with E-state index in [1.165, 1.54) is 25.9 Å². The molecule has 1 aromatic heterocycles. The summed E-state index contributed by atoms with van der Waals surface area (Å²) < 4.78 is 33.8. The van der Waals surface area contributed by atoms with Crippen LogP contribution in [0, 0.1) is 0 Å². The van der Waals surface area contributed by atoms with Crippen LogP contribution in [-0.2, 0) is 6.54 Å². The molecular formula is C30H29N3O8S. The number of thiazole rings is 1. The lowest BCUT2D eigenvalue weighted by Crippen LogP contribution is -2.13. The Morgan fingerprint density at radius 1 is 0.786 bits per heavy atom. The van der Waals surface area contributed by atoms with Gasteiger partial charge in [0, 0.05) is 5.56 Å². The van der Waals surface area contributed by atoms with E-state index in [0.717, 1.165) is 16.6 Å². The van der Waals surface area contributed by atoms with Crippen LogP contribution in [-0.4, -0.2) is 58.2 Å². The molecule has 4 aromatic rings. The van der Waals surface area contributed by atoms with E-state index in [-0.39, 0.29) is 17.3 Å². The maximum atomic E-state index is 12.9. The van der Waals surface area contributed by atoms with Crippen molar-refractivity contribution in [3.63, 3.8) is 0 Å². The summed E-state index contributed by atoms with van der Waals surface area (Å²) in [5, 5.41) is 12.4. The molecule has 0 aliphatic carbocycles. The Morgan fingerprint density at radius 3 is 1.90 bits per heavy atom. The number of benzene rings is 3. The lowest BCUT2D eigenvalue weighted by atomic mass is 10.1. The van der Waals surface area contributed by atoms with Crippen LogP contribution in [0.1, 0.15) is 16.0 Å². The van der Waals surface area contributed by atoms with Crippen molar-refractivity contribution in [2.24, 2.45) is 9.98 Å². The zero-order chi connectivity index (χ0) is 30.0. The number of rotatable bonds is 10. The zero-order valence-corrected chi connectivity index (χ0v) is 24.7. The summed E-state index contributed by atoms with van der Waals surface area (Å²) in [5.41, 5.74) is 2.04. The predicted octanol–water partition coefficient (Wildman–Crippen LogP) is 3.26. The summed E-state index contributed by atoms with van der Waals surface area (Å²) in [6.45, 7) is 0.108. The Hall–Kier alpha value is -4.97. The molecule has 0 unspecified atom stereocenters. The third-order valence-corrected chi connectivity index (χ3v) is 7.55. The first-order valence-electron chi connectivity index (χ1n) is 12.6. The highest BCUT2D eigenvalue weighted by Gasteiger charge is 2.19. The van der Waals surface area contributed by atoms with E-state index in [4.69, 9.17) is 33.4 Å². The fraction of sp³-hybridized carbons (Fsp3) is 0.233. The first-order valence-corrected chi connectivity index (χ1v) is 13.5. The van der Waals surface area contributed by atoms with Gasteiger partial charge >= 0.3 is 4.87 Å². The van der Waals surface area contributed by atoms with E-state index >= 15 is 0 Å². The van der Waals surface area contributed by atoms with Crippen molar-refractivity contribution in [3.05, 3.63) is 78.7 Å². The summed E-state index contributed by atoms with van der Waals surface area (Å²) in [6, 6.07) is 12.6. The quantitative estimate of drug-likeness (QED) is 0.298. The zero-order valence-electron chi connectivity index (χ0n) is 23.9. The molecule has 11 nitrogen and oxygen atoms in total. The predicted molar refractivity (Wildman–Crippen MR) is 159 cm³/mol. The number of aromatic hydroxyl groups is 1. The van der Waals surface area contributed by atoms with Crippen molar-refractivity contribution in [2.75, 3.05) is 42.7 Å². The number of aromatic nitrogens is 1. The van der Waals surface area contributed by atoms with Crippen LogP contribution in [0.4, 0.5) is 5.69 Å². The minimum Gasteiger partial charge on any atom is -0.493 e. The van der Waals surface area contributed by atoms with Crippen LogP contribution in [0.15, 0.2) is 57.2 Å². The maximum Gasteiger partial charge on any atom is 0.310 e. The maximum absolute atomic E-state index is 12.9. The molecule has 0 saturated carbocycles. The SMILES string of the molecule is COc1cc(Cn2c(O)c(/C=c3\ccc4c(c3)N=C(c3cc(OC)c(OC)c(OC)c3)N=4)sc2=O)cc(OC)c1OC. The van der Waals surface area contributed by atoms with Gasteiger partial charge in [-0.1, -0.05) is 17.4 Å². The monoisotopic (exact) mass is 591 g/mol. The highest BCUT2D eigenvalue weighted by molar-refractivity contribution is 7.10. The van der Waals surface area contributed by atoms with Gasteiger partial charge in [-0.3, -0.25) is 9.36 Å². The van der Waals surface area contributed by atoms with Gasteiger partial charge in [0.05, 0.1) is 65.1 Å². The fourth-order valence-electron chi connectivity index (χ4n) is 4.62. The van der Waals surface area contributed by atoms with E-state index < -0.39 is 0 Å². The van der Waals surface area contributed by atoms with Gasteiger partial charge in [0.25, 0.3) is 0 Å². The summed E-state index contributed by atoms with van der Waals surface area (Å²) in [5.74, 6) is 3.17. The smallest absolute Gasteiger partial charge is 0.310 e. The topological polar surface area (TPSA) is 122 Å². The number of hydrogen-bond donors (Lipinski definition) is 1. The van der Waals surface area contributed by atoms with Crippen molar-refractivity contribution >= 4 is 28.9 Å². The van der Waals surface area contributed by atoms with Gasteiger partial charge in [0.1, 0.15) is 0 Å². The fourth-order valence-corrected chi connectivity index (χ4v) is 5.46. The average molecular weight is 592 g/mol. The summed E-state index contributed by atoms with van der Waals surface area (Å²) in [6.07, 6.45) is 1.74. The first-order chi connectivity index (χ1) is 20.3. The average Bonchev–Trinajstić information content (AvgIpc) is 3.55. The minimum atomic E-state index is -0.314. The molecule has 1 aliphatic rings. The first kappa shape index (κ1) is 28.6. The molecule has 0 atom stereocenters. The Balaban J connectivity index is 1.47. The highest BCUT2D eigenvalue weighted by Crippen LogP contribution is 2.40. The second kappa shape index (κ2) is 11.9. The van der Waals surface area contributed by atoms with Crippen LogP contribution >= 0.6 is 11.3 Å². The largest absolute Gasteiger partial charge is 0.493 e. The molecule has 42 heavy (non-hydrogen) atoms. The van der Waals surface area contributed by atoms with Gasteiger partial charge in [-0.2, -0.15) is 0 Å². The van der Waals surface area contributed by atoms with E-state index in [0.29, 0.717) is 67.4 Å². The standard InChI is InChI=1S/C30H29N3O8S/c1-36-21-10-17(11-22(37-2)26(21)40-5)15-33-29(34)25(42-30(33)35)12-16-7-8-19-20(9-16)32-28(31-19)18-13-23(38-3)27(41-6)24(14-18)39-4/h7-14,34H,15H2,1-6H3/b16-12+. The highest BCUT2D eigenvalue weighted by atomic mass is 32.1. The number of nitrogens with zero attached hydrogens (tertiary/aromatic N) is 3. The number of methoxy groups -OCH3 is 6. The van der Waals surface area contributed by atoms with Crippen molar-refractivity contribution in [1.82, 2.24) is 4.57 Å². The third-order valence-electron chi connectivity index (χ3n) is 6.63. The van der Waals surface area contributed by atoms with Crippen molar-refractivity contribution in [2.45, 2.75) is 6.54 Å². The Bertz CT molecular complexity index is 1830. The van der Waals surface area contributed by atoms with Crippen molar-refractivity contribution in [3.8, 4) is 40.4 Å². The summed E-state index contributed by atoms with van der Waals surface area (Å²) in [4.78, 5) is 22.3. The number of fused-ring (bicyclic) bond motifs is 1. The molecule has 5 rings (SSSR count). The molecule has 0 bridgehead atoms. The van der Waals surface area contributed by atoms with E-state index in [1.807, 2.05) is 18.2 Å². The summed E-state index contributed by atoms with van der Waals surface area (Å²) >= 11 is 0.941. The Kier molecular flexibility index (Phi) is 8.07. The van der Waals surface area contributed by atoms with E-state index in [9.17, 15) is 9.90 Å². The van der Waals surface area contributed by atoms with E-state index in [2.05, 4.69) is 4.99 Å². The van der Waals surface area contributed by atoms with Crippen molar-refractivity contribution < 1.29 is 33.5 Å². The summed E-state index contributed by atoms with van der Waals surface area (Å²) in [7, 11) is 9.19. The van der Waals surface area contributed by atoms with Gasteiger partial charge in [-0.25, -0.2) is 9.98 Å². The minimum absolute atomic E-state index is 0.108. The van der Waals surface area contributed by atoms with Gasteiger partial charge in [0.15, 0.2) is 28.8 Å². The van der Waals surface area contributed by atoms with Crippen LogP contribution in [0.5, 0.6) is 40.4 Å². The molecule has 1 aliphatic heterocycles. The van der Waals surface area contributed by atoms with Gasteiger partial charge in [0.2, 0.25) is 17.4 Å². The van der Waals surface area contributed by atoms with Gasteiger partial charge < -0.3 is 33.5 Å². The molecule has 2 heterocycles. The molecule has 0 saturated heterocycles.